The maximum Gasteiger partial charge on any atom is 0.125 e. The zero-order valence-electron chi connectivity index (χ0n) is 11.2. The number of halogens is 1. The lowest BCUT2D eigenvalue weighted by molar-refractivity contribution is 0.206. The van der Waals surface area contributed by atoms with Gasteiger partial charge in [0.25, 0.3) is 0 Å². The highest BCUT2D eigenvalue weighted by atomic mass is 79.9. The lowest BCUT2D eigenvalue weighted by Crippen LogP contribution is -2.20. The molecular formula is C15H22BrNO. The van der Waals surface area contributed by atoms with Gasteiger partial charge < -0.3 is 10.5 Å². The molecule has 0 aromatic heterocycles. The molecule has 1 unspecified atom stereocenters. The van der Waals surface area contributed by atoms with Crippen LogP contribution in [0.4, 0.5) is 0 Å². The van der Waals surface area contributed by atoms with Crippen molar-refractivity contribution in [2.45, 2.75) is 58.1 Å². The number of ether oxygens (including phenoxy) is 1. The Morgan fingerprint density at radius 2 is 2.06 bits per heavy atom. The summed E-state index contributed by atoms with van der Waals surface area (Å²) in [6, 6.07) is 4.42. The molecule has 1 fully saturated rings. The second-order valence-corrected chi connectivity index (χ2v) is 6.33. The molecule has 0 saturated heterocycles. The second-order valence-electron chi connectivity index (χ2n) is 5.42. The van der Waals surface area contributed by atoms with Crippen molar-refractivity contribution in [1.82, 2.24) is 0 Å². The standard InChI is InChI=1S/C15H22BrNO/c1-10-7-13(16)9-12(8-11(2)17)15(10)18-14-5-3-4-6-14/h7,9,11,14H,3-6,8,17H2,1-2H3. The first-order valence-electron chi connectivity index (χ1n) is 6.77. The van der Waals surface area contributed by atoms with E-state index in [1.54, 1.807) is 0 Å². The van der Waals surface area contributed by atoms with Crippen molar-refractivity contribution in [3.63, 3.8) is 0 Å². The minimum Gasteiger partial charge on any atom is -0.490 e. The van der Waals surface area contributed by atoms with Crippen molar-refractivity contribution in [3.8, 4) is 5.75 Å². The lowest BCUT2D eigenvalue weighted by atomic mass is 10.0. The molecular weight excluding hydrogens is 290 g/mol. The molecule has 2 nitrogen and oxygen atoms in total. The molecule has 0 heterocycles. The fourth-order valence-electron chi connectivity index (χ4n) is 2.64. The van der Waals surface area contributed by atoms with Gasteiger partial charge in [0.05, 0.1) is 6.10 Å². The van der Waals surface area contributed by atoms with Gasteiger partial charge in [-0.2, -0.15) is 0 Å². The van der Waals surface area contributed by atoms with Crippen LogP contribution in [0, 0.1) is 6.92 Å². The molecule has 1 saturated carbocycles. The summed E-state index contributed by atoms with van der Waals surface area (Å²) >= 11 is 3.55. The van der Waals surface area contributed by atoms with E-state index in [0.717, 1.165) is 16.6 Å². The molecule has 0 bridgehead atoms. The minimum atomic E-state index is 0.157. The Labute approximate surface area is 118 Å². The van der Waals surface area contributed by atoms with Gasteiger partial charge >= 0.3 is 0 Å². The molecule has 18 heavy (non-hydrogen) atoms. The molecule has 2 rings (SSSR count). The summed E-state index contributed by atoms with van der Waals surface area (Å²) in [5.74, 6) is 1.06. The molecule has 2 N–H and O–H groups in total. The van der Waals surface area contributed by atoms with Crippen molar-refractivity contribution >= 4 is 15.9 Å². The second kappa shape index (κ2) is 6.07. The monoisotopic (exact) mass is 311 g/mol. The lowest BCUT2D eigenvalue weighted by Gasteiger charge is -2.20. The Morgan fingerprint density at radius 1 is 1.39 bits per heavy atom. The first-order valence-corrected chi connectivity index (χ1v) is 7.57. The average molecular weight is 312 g/mol. The van der Waals surface area contributed by atoms with E-state index in [1.807, 2.05) is 6.92 Å². The summed E-state index contributed by atoms with van der Waals surface area (Å²) in [5, 5.41) is 0. The molecule has 1 aromatic carbocycles. The van der Waals surface area contributed by atoms with Crippen molar-refractivity contribution in [1.29, 1.82) is 0 Å². The Kier molecular flexibility index (Phi) is 4.68. The van der Waals surface area contributed by atoms with Crippen LogP contribution in [-0.4, -0.2) is 12.1 Å². The molecule has 1 aliphatic rings. The average Bonchev–Trinajstić information content (AvgIpc) is 2.74. The van der Waals surface area contributed by atoms with Crippen LogP contribution >= 0.6 is 15.9 Å². The number of hydrogen-bond donors (Lipinski definition) is 1. The van der Waals surface area contributed by atoms with E-state index in [1.165, 1.54) is 36.8 Å². The largest absolute Gasteiger partial charge is 0.490 e. The first kappa shape index (κ1) is 13.9. The highest BCUT2D eigenvalue weighted by molar-refractivity contribution is 9.10. The molecule has 0 aliphatic heterocycles. The van der Waals surface area contributed by atoms with E-state index >= 15 is 0 Å². The fraction of sp³-hybridized carbons (Fsp3) is 0.600. The van der Waals surface area contributed by atoms with Gasteiger partial charge in [-0.25, -0.2) is 0 Å². The summed E-state index contributed by atoms with van der Waals surface area (Å²) in [6.07, 6.45) is 6.23. The molecule has 1 aromatic rings. The summed E-state index contributed by atoms with van der Waals surface area (Å²) in [6.45, 7) is 4.15. The quantitative estimate of drug-likeness (QED) is 0.913. The maximum absolute atomic E-state index is 6.22. The smallest absolute Gasteiger partial charge is 0.125 e. The molecule has 3 heteroatoms. The van der Waals surface area contributed by atoms with Crippen LogP contribution in [-0.2, 0) is 6.42 Å². The SMILES string of the molecule is Cc1cc(Br)cc(CC(C)N)c1OC1CCCC1. The molecule has 0 amide bonds. The Morgan fingerprint density at radius 3 is 2.67 bits per heavy atom. The Balaban J connectivity index is 2.24. The first-order chi connectivity index (χ1) is 8.56. The minimum absolute atomic E-state index is 0.157. The maximum atomic E-state index is 6.22. The van der Waals surface area contributed by atoms with Gasteiger partial charge in [0, 0.05) is 10.5 Å². The van der Waals surface area contributed by atoms with Gasteiger partial charge in [0.1, 0.15) is 5.75 Å². The zero-order valence-corrected chi connectivity index (χ0v) is 12.8. The molecule has 1 aliphatic carbocycles. The fourth-order valence-corrected chi connectivity index (χ4v) is 3.26. The van der Waals surface area contributed by atoms with Gasteiger partial charge in [-0.1, -0.05) is 15.9 Å². The van der Waals surface area contributed by atoms with E-state index in [0.29, 0.717) is 6.10 Å². The number of aryl methyl sites for hydroxylation is 1. The summed E-state index contributed by atoms with van der Waals surface area (Å²) in [4.78, 5) is 0. The van der Waals surface area contributed by atoms with Crippen LogP contribution in [0.5, 0.6) is 5.75 Å². The van der Waals surface area contributed by atoms with Crippen LogP contribution in [0.15, 0.2) is 16.6 Å². The van der Waals surface area contributed by atoms with Crippen LogP contribution in [0.2, 0.25) is 0 Å². The molecule has 0 spiro atoms. The molecule has 100 valence electrons. The van der Waals surface area contributed by atoms with Gasteiger partial charge in [-0.15, -0.1) is 0 Å². The summed E-state index contributed by atoms with van der Waals surface area (Å²) < 4.78 is 7.32. The number of nitrogens with two attached hydrogens (primary N) is 1. The number of rotatable bonds is 4. The van der Waals surface area contributed by atoms with Crippen LogP contribution in [0.3, 0.4) is 0 Å². The van der Waals surface area contributed by atoms with Crippen LogP contribution in [0.25, 0.3) is 0 Å². The van der Waals surface area contributed by atoms with Gasteiger partial charge in [-0.05, 0) is 69.2 Å². The third kappa shape index (κ3) is 3.48. The van der Waals surface area contributed by atoms with E-state index in [-0.39, 0.29) is 6.04 Å². The molecule has 0 radical (unpaired) electrons. The normalized spacial score (nSPS) is 18.0. The van der Waals surface area contributed by atoms with Gasteiger partial charge in [0.15, 0.2) is 0 Å². The predicted molar refractivity (Wildman–Crippen MR) is 79.1 cm³/mol. The van der Waals surface area contributed by atoms with Gasteiger partial charge in [-0.3, -0.25) is 0 Å². The van der Waals surface area contributed by atoms with E-state index in [2.05, 4.69) is 35.0 Å². The summed E-state index contributed by atoms with van der Waals surface area (Å²) in [5.41, 5.74) is 8.36. The Hall–Kier alpha value is -0.540. The number of benzene rings is 1. The summed E-state index contributed by atoms with van der Waals surface area (Å²) in [7, 11) is 0. The molecule has 1 atom stereocenters. The highest BCUT2D eigenvalue weighted by Gasteiger charge is 2.19. The van der Waals surface area contributed by atoms with Crippen molar-refractivity contribution < 1.29 is 4.74 Å². The predicted octanol–water partition coefficient (Wildman–Crippen LogP) is 3.97. The van der Waals surface area contributed by atoms with Crippen LogP contribution in [0.1, 0.15) is 43.7 Å². The van der Waals surface area contributed by atoms with E-state index in [4.69, 9.17) is 10.5 Å². The number of hydrogen-bond acceptors (Lipinski definition) is 2. The van der Waals surface area contributed by atoms with Crippen molar-refractivity contribution in [2.24, 2.45) is 5.73 Å². The van der Waals surface area contributed by atoms with E-state index in [9.17, 15) is 0 Å². The van der Waals surface area contributed by atoms with Crippen molar-refractivity contribution in [2.75, 3.05) is 0 Å². The van der Waals surface area contributed by atoms with Gasteiger partial charge in [0.2, 0.25) is 0 Å². The highest BCUT2D eigenvalue weighted by Crippen LogP contribution is 2.32. The topological polar surface area (TPSA) is 35.2 Å². The third-order valence-corrected chi connectivity index (χ3v) is 3.90. The van der Waals surface area contributed by atoms with E-state index < -0.39 is 0 Å². The zero-order chi connectivity index (χ0) is 13.1. The van der Waals surface area contributed by atoms with Crippen LogP contribution < -0.4 is 10.5 Å². The van der Waals surface area contributed by atoms with Crippen molar-refractivity contribution in [3.05, 3.63) is 27.7 Å². The third-order valence-electron chi connectivity index (χ3n) is 3.44. The Bertz CT molecular complexity index is 411.